The predicted molar refractivity (Wildman–Crippen MR) is 65.7 cm³/mol. The summed E-state index contributed by atoms with van der Waals surface area (Å²) < 4.78 is 39.1. The van der Waals surface area contributed by atoms with Crippen LogP contribution in [-0.4, -0.2) is 43.9 Å². The molecule has 1 aliphatic rings. The third-order valence-corrected chi connectivity index (χ3v) is 4.94. The van der Waals surface area contributed by atoms with E-state index in [1.165, 1.54) is 22.5 Å². The van der Waals surface area contributed by atoms with Gasteiger partial charge in [0.15, 0.2) is 0 Å². The van der Waals surface area contributed by atoms with Crippen molar-refractivity contribution in [2.45, 2.75) is 11.8 Å². The topological polar surface area (TPSA) is 66.6 Å². The summed E-state index contributed by atoms with van der Waals surface area (Å²) in [6, 6.07) is 3.84. The SMILES string of the molecule is Cc1cc(S(=O)(=O)N2CCN(N)CC2)ccc1F. The third-order valence-electron chi connectivity index (χ3n) is 3.04. The summed E-state index contributed by atoms with van der Waals surface area (Å²) in [5.74, 6) is 5.18. The number of nitrogens with zero attached hydrogens (tertiary/aromatic N) is 2. The highest BCUT2D eigenvalue weighted by atomic mass is 32.2. The first kappa shape index (κ1) is 13.4. The Kier molecular flexibility index (Phi) is 3.67. The standard InChI is InChI=1S/C11H16FN3O2S/c1-9-8-10(2-3-11(9)12)18(16,17)15-6-4-14(13)5-7-15/h2-3,8H,4-7,13H2,1H3. The Morgan fingerprint density at radius 1 is 1.22 bits per heavy atom. The first-order valence-electron chi connectivity index (χ1n) is 5.67. The molecule has 0 radical (unpaired) electrons. The second kappa shape index (κ2) is 4.93. The first-order chi connectivity index (χ1) is 8.41. The van der Waals surface area contributed by atoms with Crippen LogP contribution in [0.1, 0.15) is 5.56 Å². The number of nitrogens with two attached hydrogens (primary N) is 1. The number of piperazine rings is 1. The Balaban J connectivity index is 2.27. The molecule has 0 atom stereocenters. The van der Waals surface area contributed by atoms with Crippen LogP contribution >= 0.6 is 0 Å². The van der Waals surface area contributed by atoms with Gasteiger partial charge in [-0.3, -0.25) is 5.84 Å². The van der Waals surface area contributed by atoms with Crippen molar-refractivity contribution in [2.75, 3.05) is 26.2 Å². The minimum atomic E-state index is -3.54. The predicted octanol–water partition coefficient (Wildman–Crippen LogP) is 0.314. The molecule has 2 N–H and O–H groups in total. The average Bonchev–Trinajstić information content (AvgIpc) is 2.33. The molecule has 0 unspecified atom stereocenters. The van der Waals surface area contributed by atoms with Crippen LogP contribution in [0.2, 0.25) is 0 Å². The van der Waals surface area contributed by atoms with Crippen LogP contribution in [0.15, 0.2) is 23.1 Å². The van der Waals surface area contributed by atoms with Crippen LogP contribution in [-0.2, 0) is 10.0 Å². The van der Waals surface area contributed by atoms with E-state index < -0.39 is 15.8 Å². The third kappa shape index (κ3) is 2.54. The molecule has 2 rings (SSSR count). The second-order valence-electron chi connectivity index (χ2n) is 4.35. The van der Waals surface area contributed by atoms with Crippen LogP contribution < -0.4 is 5.84 Å². The van der Waals surface area contributed by atoms with Gasteiger partial charge in [0.25, 0.3) is 0 Å². The second-order valence-corrected chi connectivity index (χ2v) is 6.29. The van der Waals surface area contributed by atoms with Gasteiger partial charge >= 0.3 is 0 Å². The zero-order chi connectivity index (χ0) is 13.3. The molecule has 0 spiro atoms. The monoisotopic (exact) mass is 273 g/mol. The molecule has 5 nitrogen and oxygen atoms in total. The number of hydrogen-bond acceptors (Lipinski definition) is 4. The maximum atomic E-state index is 13.1. The molecule has 0 amide bonds. The Labute approximate surface area is 106 Å². The maximum Gasteiger partial charge on any atom is 0.243 e. The fourth-order valence-electron chi connectivity index (χ4n) is 1.87. The first-order valence-corrected chi connectivity index (χ1v) is 7.11. The number of hydrogen-bond donors (Lipinski definition) is 1. The highest BCUT2D eigenvalue weighted by Gasteiger charge is 2.27. The van der Waals surface area contributed by atoms with Gasteiger partial charge in [-0.2, -0.15) is 4.31 Å². The van der Waals surface area contributed by atoms with Gasteiger partial charge in [-0.15, -0.1) is 0 Å². The number of benzene rings is 1. The molecule has 0 aliphatic carbocycles. The molecule has 0 aromatic heterocycles. The van der Waals surface area contributed by atoms with Crippen molar-refractivity contribution >= 4 is 10.0 Å². The summed E-state index contributed by atoms with van der Waals surface area (Å²) in [4.78, 5) is 0.131. The van der Waals surface area contributed by atoms with Gasteiger partial charge in [-0.1, -0.05) is 0 Å². The van der Waals surface area contributed by atoms with E-state index in [1.54, 1.807) is 11.9 Å². The van der Waals surface area contributed by atoms with Crippen LogP contribution in [0.5, 0.6) is 0 Å². The summed E-state index contributed by atoms with van der Waals surface area (Å²) in [6.07, 6.45) is 0. The molecule has 1 aromatic rings. The molecule has 0 saturated carbocycles. The van der Waals surface area contributed by atoms with Crippen molar-refractivity contribution in [3.63, 3.8) is 0 Å². The van der Waals surface area contributed by atoms with Crippen molar-refractivity contribution in [1.82, 2.24) is 9.31 Å². The van der Waals surface area contributed by atoms with Crippen LogP contribution in [0.25, 0.3) is 0 Å². The number of sulfonamides is 1. The van der Waals surface area contributed by atoms with Crippen molar-refractivity contribution in [1.29, 1.82) is 0 Å². The van der Waals surface area contributed by atoms with E-state index in [9.17, 15) is 12.8 Å². The van der Waals surface area contributed by atoms with Crippen LogP contribution in [0.3, 0.4) is 0 Å². The van der Waals surface area contributed by atoms with E-state index >= 15 is 0 Å². The summed E-state index contributed by atoms with van der Waals surface area (Å²) in [6.45, 7) is 3.26. The van der Waals surface area contributed by atoms with Crippen molar-refractivity contribution < 1.29 is 12.8 Å². The van der Waals surface area contributed by atoms with Crippen LogP contribution in [0, 0.1) is 12.7 Å². The molecule has 1 aliphatic heterocycles. The molecule has 1 heterocycles. The molecule has 1 fully saturated rings. The van der Waals surface area contributed by atoms with Crippen molar-refractivity contribution in [3.8, 4) is 0 Å². The van der Waals surface area contributed by atoms with Gasteiger partial charge in [0.2, 0.25) is 10.0 Å². The minimum Gasteiger partial charge on any atom is -0.269 e. The molecular weight excluding hydrogens is 257 g/mol. The van der Waals surface area contributed by atoms with Gasteiger partial charge in [-0.05, 0) is 30.7 Å². The van der Waals surface area contributed by atoms with Gasteiger partial charge in [0.1, 0.15) is 5.82 Å². The van der Waals surface area contributed by atoms with Crippen LogP contribution in [0.4, 0.5) is 4.39 Å². The molecule has 7 heteroatoms. The average molecular weight is 273 g/mol. The number of rotatable bonds is 2. The minimum absolute atomic E-state index is 0.131. The van der Waals surface area contributed by atoms with E-state index in [-0.39, 0.29) is 4.90 Å². The lowest BCUT2D eigenvalue weighted by molar-refractivity contribution is 0.192. The molecule has 1 saturated heterocycles. The smallest absolute Gasteiger partial charge is 0.243 e. The number of aryl methyl sites for hydroxylation is 1. The number of halogens is 1. The lowest BCUT2D eigenvalue weighted by Crippen LogP contribution is -2.51. The Hall–Kier alpha value is -1.02. The van der Waals surface area contributed by atoms with Gasteiger partial charge in [-0.25, -0.2) is 17.8 Å². The molecule has 1 aromatic carbocycles. The zero-order valence-electron chi connectivity index (χ0n) is 10.1. The quantitative estimate of drug-likeness (QED) is 0.788. The van der Waals surface area contributed by atoms with E-state index in [0.717, 1.165) is 0 Å². The van der Waals surface area contributed by atoms with E-state index in [1.807, 2.05) is 0 Å². The lowest BCUT2D eigenvalue weighted by Gasteiger charge is -2.31. The number of hydrazine groups is 1. The Morgan fingerprint density at radius 2 is 1.83 bits per heavy atom. The highest BCUT2D eigenvalue weighted by Crippen LogP contribution is 2.19. The fourth-order valence-corrected chi connectivity index (χ4v) is 3.38. The van der Waals surface area contributed by atoms with E-state index in [2.05, 4.69) is 0 Å². The molecule has 100 valence electrons. The summed E-state index contributed by atoms with van der Waals surface area (Å²) in [5.41, 5.74) is 0.327. The maximum absolute atomic E-state index is 13.1. The Morgan fingerprint density at radius 3 is 2.39 bits per heavy atom. The molecule has 0 bridgehead atoms. The lowest BCUT2D eigenvalue weighted by atomic mass is 10.2. The van der Waals surface area contributed by atoms with Gasteiger partial charge in [0, 0.05) is 26.2 Å². The highest BCUT2D eigenvalue weighted by molar-refractivity contribution is 7.89. The summed E-state index contributed by atoms with van der Waals surface area (Å²) in [5, 5.41) is 1.59. The fraction of sp³-hybridized carbons (Fsp3) is 0.455. The normalized spacial score (nSPS) is 19.1. The summed E-state index contributed by atoms with van der Waals surface area (Å²) >= 11 is 0. The van der Waals surface area contributed by atoms with Gasteiger partial charge in [0.05, 0.1) is 4.90 Å². The molecular formula is C11H16FN3O2S. The van der Waals surface area contributed by atoms with E-state index in [4.69, 9.17) is 5.84 Å². The van der Waals surface area contributed by atoms with Crippen molar-refractivity contribution in [3.05, 3.63) is 29.6 Å². The summed E-state index contributed by atoms with van der Waals surface area (Å²) in [7, 11) is -3.54. The van der Waals surface area contributed by atoms with E-state index in [0.29, 0.717) is 31.7 Å². The largest absolute Gasteiger partial charge is 0.269 e. The molecule has 18 heavy (non-hydrogen) atoms. The van der Waals surface area contributed by atoms with Crippen molar-refractivity contribution in [2.24, 2.45) is 5.84 Å². The zero-order valence-corrected chi connectivity index (χ0v) is 11.0. The Bertz CT molecular complexity index is 539. The van der Waals surface area contributed by atoms with Gasteiger partial charge < -0.3 is 0 Å².